The zero-order valence-corrected chi connectivity index (χ0v) is 11.7. The largest absolute Gasteiger partial charge is 0.474 e. The molecule has 0 saturated heterocycles. The van der Waals surface area contributed by atoms with E-state index < -0.39 is 11.6 Å². The van der Waals surface area contributed by atoms with E-state index in [4.69, 9.17) is 4.74 Å². The second-order valence-corrected chi connectivity index (χ2v) is 5.17. The maximum Gasteiger partial charge on any atom is 0.238 e. The lowest BCUT2D eigenvalue weighted by molar-refractivity contribution is 0.299. The van der Waals surface area contributed by atoms with Crippen LogP contribution in [0.4, 0.5) is 14.5 Å². The summed E-state index contributed by atoms with van der Waals surface area (Å²) < 4.78 is 32.3. The van der Waals surface area contributed by atoms with Crippen LogP contribution < -0.4 is 9.64 Å². The molecular weight excluding hydrogens is 290 g/mol. The van der Waals surface area contributed by atoms with E-state index in [-0.39, 0.29) is 0 Å². The van der Waals surface area contributed by atoms with Gasteiger partial charge in [-0.2, -0.15) is 5.10 Å². The number of fused-ring (bicyclic) bond motifs is 2. The van der Waals surface area contributed by atoms with Crippen LogP contribution in [0, 0.1) is 11.6 Å². The summed E-state index contributed by atoms with van der Waals surface area (Å²) in [5, 5.41) is 7.30. The van der Waals surface area contributed by atoms with Crippen molar-refractivity contribution in [2.75, 3.05) is 25.1 Å². The molecule has 0 aliphatic carbocycles. The van der Waals surface area contributed by atoms with Crippen molar-refractivity contribution in [2.45, 2.75) is 0 Å². The number of aromatic amines is 1. The van der Waals surface area contributed by atoms with Crippen LogP contribution in [-0.2, 0) is 0 Å². The fourth-order valence-corrected chi connectivity index (χ4v) is 2.57. The van der Waals surface area contributed by atoms with Crippen LogP contribution in [0.5, 0.6) is 5.88 Å². The van der Waals surface area contributed by atoms with Gasteiger partial charge in [-0.25, -0.2) is 13.8 Å². The standard InChI is InChI=1S/C15H12F2N4O/c1-21-4-5-22-15-13(21)3-2-11(18-15)14-8-6-9(16)10(17)7-12(8)19-20-14/h2-3,6-7H,4-5H2,1H3,(H,19,20). The number of hydrogen-bond donors (Lipinski definition) is 1. The summed E-state index contributed by atoms with van der Waals surface area (Å²) >= 11 is 0. The third-order valence-electron chi connectivity index (χ3n) is 3.76. The fourth-order valence-electron chi connectivity index (χ4n) is 2.57. The number of nitrogens with one attached hydrogen (secondary N) is 1. The Labute approximate surface area is 124 Å². The predicted octanol–water partition coefficient (Wildman–Crippen LogP) is 2.73. The Hall–Kier alpha value is -2.70. The van der Waals surface area contributed by atoms with Crippen molar-refractivity contribution >= 4 is 16.6 Å². The third-order valence-corrected chi connectivity index (χ3v) is 3.76. The van der Waals surface area contributed by atoms with Gasteiger partial charge in [0.25, 0.3) is 0 Å². The highest BCUT2D eigenvalue weighted by Gasteiger charge is 2.19. The van der Waals surface area contributed by atoms with E-state index in [2.05, 4.69) is 15.2 Å². The number of halogens is 2. The van der Waals surface area contributed by atoms with E-state index in [0.717, 1.165) is 24.4 Å². The van der Waals surface area contributed by atoms with E-state index >= 15 is 0 Å². The first-order chi connectivity index (χ1) is 10.6. The number of likely N-dealkylation sites (N-methyl/N-ethyl adjacent to an activating group) is 1. The summed E-state index contributed by atoms with van der Waals surface area (Å²) in [6, 6.07) is 5.89. The molecule has 1 aromatic carbocycles. The van der Waals surface area contributed by atoms with E-state index in [9.17, 15) is 8.78 Å². The zero-order chi connectivity index (χ0) is 15.3. The van der Waals surface area contributed by atoms with Gasteiger partial charge in [-0.3, -0.25) is 5.10 Å². The van der Waals surface area contributed by atoms with Crippen LogP contribution in [0.3, 0.4) is 0 Å². The van der Waals surface area contributed by atoms with Crippen molar-refractivity contribution < 1.29 is 13.5 Å². The molecule has 0 saturated carbocycles. The summed E-state index contributed by atoms with van der Waals surface area (Å²) in [5.41, 5.74) is 2.33. The van der Waals surface area contributed by atoms with Crippen LogP contribution in [0.2, 0.25) is 0 Å². The van der Waals surface area contributed by atoms with Crippen LogP contribution in [-0.4, -0.2) is 35.4 Å². The molecule has 4 rings (SSSR count). The van der Waals surface area contributed by atoms with Gasteiger partial charge in [0.1, 0.15) is 12.3 Å². The minimum atomic E-state index is -0.913. The van der Waals surface area contributed by atoms with Gasteiger partial charge in [0.05, 0.1) is 23.4 Å². The monoisotopic (exact) mass is 302 g/mol. The molecule has 0 fully saturated rings. The van der Waals surface area contributed by atoms with Crippen molar-refractivity contribution in [3.8, 4) is 17.3 Å². The van der Waals surface area contributed by atoms with E-state index in [0.29, 0.717) is 34.8 Å². The van der Waals surface area contributed by atoms with Gasteiger partial charge in [0, 0.05) is 18.5 Å². The Morgan fingerprint density at radius 3 is 2.91 bits per heavy atom. The number of benzene rings is 1. The molecule has 7 heteroatoms. The first-order valence-electron chi connectivity index (χ1n) is 6.82. The number of aromatic nitrogens is 3. The van der Waals surface area contributed by atoms with Gasteiger partial charge in [0.15, 0.2) is 11.6 Å². The Balaban J connectivity index is 1.87. The zero-order valence-electron chi connectivity index (χ0n) is 11.7. The van der Waals surface area contributed by atoms with E-state index in [1.807, 2.05) is 18.0 Å². The molecule has 0 spiro atoms. The average Bonchev–Trinajstić information content (AvgIpc) is 2.90. The lowest BCUT2D eigenvalue weighted by atomic mass is 10.1. The van der Waals surface area contributed by atoms with Gasteiger partial charge in [0.2, 0.25) is 5.88 Å². The Bertz CT molecular complexity index is 877. The molecule has 1 aliphatic rings. The van der Waals surface area contributed by atoms with Gasteiger partial charge < -0.3 is 9.64 Å². The van der Waals surface area contributed by atoms with Gasteiger partial charge in [-0.15, -0.1) is 0 Å². The number of nitrogens with zero attached hydrogens (tertiary/aromatic N) is 3. The Kier molecular flexibility index (Phi) is 2.75. The molecule has 0 bridgehead atoms. The second kappa shape index (κ2) is 4.66. The quantitative estimate of drug-likeness (QED) is 0.751. The first kappa shape index (κ1) is 13.0. The highest BCUT2D eigenvalue weighted by molar-refractivity contribution is 5.92. The average molecular weight is 302 g/mol. The van der Waals surface area contributed by atoms with Crippen molar-refractivity contribution in [2.24, 2.45) is 0 Å². The second-order valence-electron chi connectivity index (χ2n) is 5.17. The molecule has 3 aromatic rings. The molecular formula is C15H12F2N4O. The highest BCUT2D eigenvalue weighted by Crippen LogP contribution is 2.33. The van der Waals surface area contributed by atoms with E-state index in [1.165, 1.54) is 0 Å². The Morgan fingerprint density at radius 2 is 2.05 bits per heavy atom. The molecule has 0 unspecified atom stereocenters. The molecule has 2 aromatic heterocycles. The van der Waals surface area contributed by atoms with Gasteiger partial charge in [-0.05, 0) is 18.2 Å². The molecule has 1 N–H and O–H groups in total. The number of rotatable bonds is 1. The number of anilines is 1. The SMILES string of the molecule is CN1CCOc2nc(-c3n[nH]c4cc(F)c(F)cc34)ccc21. The molecule has 22 heavy (non-hydrogen) atoms. The van der Waals surface area contributed by atoms with E-state index in [1.54, 1.807) is 6.07 Å². The van der Waals surface area contributed by atoms with Crippen molar-refractivity contribution in [1.29, 1.82) is 0 Å². The molecule has 1 aliphatic heterocycles. The number of pyridine rings is 1. The van der Waals surface area contributed by atoms with Crippen LogP contribution in [0.25, 0.3) is 22.3 Å². The number of hydrogen-bond acceptors (Lipinski definition) is 4. The summed E-state index contributed by atoms with van der Waals surface area (Å²) in [7, 11) is 1.96. The van der Waals surface area contributed by atoms with Crippen LogP contribution in [0.1, 0.15) is 0 Å². The lowest BCUT2D eigenvalue weighted by Gasteiger charge is -2.26. The molecule has 0 radical (unpaired) electrons. The predicted molar refractivity (Wildman–Crippen MR) is 78.0 cm³/mol. The van der Waals surface area contributed by atoms with Gasteiger partial charge >= 0.3 is 0 Å². The normalized spacial score (nSPS) is 14.0. The summed E-state index contributed by atoms with van der Waals surface area (Å²) in [6.45, 7) is 1.35. The molecule has 112 valence electrons. The maximum atomic E-state index is 13.5. The van der Waals surface area contributed by atoms with Gasteiger partial charge in [-0.1, -0.05) is 0 Å². The summed E-state index contributed by atoms with van der Waals surface area (Å²) in [6.07, 6.45) is 0. The molecule has 0 atom stereocenters. The minimum Gasteiger partial charge on any atom is -0.474 e. The fraction of sp³-hybridized carbons (Fsp3) is 0.200. The molecule has 5 nitrogen and oxygen atoms in total. The lowest BCUT2D eigenvalue weighted by Crippen LogP contribution is -2.29. The summed E-state index contributed by atoms with van der Waals surface area (Å²) in [4.78, 5) is 6.49. The van der Waals surface area contributed by atoms with Crippen LogP contribution in [0.15, 0.2) is 24.3 Å². The summed E-state index contributed by atoms with van der Waals surface area (Å²) in [5.74, 6) is -1.31. The minimum absolute atomic E-state index is 0.423. The highest BCUT2D eigenvalue weighted by atomic mass is 19.2. The first-order valence-corrected chi connectivity index (χ1v) is 6.82. The van der Waals surface area contributed by atoms with Crippen molar-refractivity contribution in [3.05, 3.63) is 35.9 Å². The third kappa shape index (κ3) is 1.89. The molecule has 0 amide bonds. The number of H-pyrrole nitrogens is 1. The van der Waals surface area contributed by atoms with Crippen LogP contribution >= 0.6 is 0 Å². The topological polar surface area (TPSA) is 54.0 Å². The number of ether oxygens (including phenoxy) is 1. The van der Waals surface area contributed by atoms with Crippen molar-refractivity contribution in [3.63, 3.8) is 0 Å². The van der Waals surface area contributed by atoms with Crippen molar-refractivity contribution in [1.82, 2.24) is 15.2 Å². The maximum absolute atomic E-state index is 13.5. The smallest absolute Gasteiger partial charge is 0.238 e. The Morgan fingerprint density at radius 1 is 1.23 bits per heavy atom. The molecule has 3 heterocycles.